The summed E-state index contributed by atoms with van der Waals surface area (Å²) < 4.78 is 11.0. The van der Waals surface area contributed by atoms with Gasteiger partial charge in [-0.3, -0.25) is 4.21 Å². The second kappa shape index (κ2) is 9.29. The Kier molecular flexibility index (Phi) is 7.94. The molecule has 18 heavy (non-hydrogen) atoms. The molecule has 0 aliphatic carbocycles. The molecule has 1 aromatic carbocycles. The Morgan fingerprint density at radius 3 is 2.61 bits per heavy atom. The molecule has 2 atom stereocenters. The maximum absolute atomic E-state index is 11.0. The summed E-state index contributed by atoms with van der Waals surface area (Å²) in [5.74, 6) is 0.804. The van der Waals surface area contributed by atoms with Gasteiger partial charge in [0.2, 0.25) is 0 Å². The summed E-state index contributed by atoms with van der Waals surface area (Å²) >= 11 is 0. The smallest absolute Gasteiger partial charge is 0.0246 e. The first-order chi connectivity index (χ1) is 8.68. The van der Waals surface area contributed by atoms with Gasteiger partial charge in [0.1, 0.15) is 0 Å². The highest BCUT2D eigenvalue weighted by atomic mass is 32.2. The molecule has 1 N–H and O–H groups in total. The summed E-state index contributed by atoms with van der Waals surface area (Å²) in [6.07, 6.45) is 6.36. The Morgan fingerprint density at radius 1 is 1.22 bits per heavy atom. The van der Waals surface area contributed by atoms with E-state index in [2.05, 4.69) is 42.6 Å². The second-order valence-electron chi connectivity index (χ2n) is 4.86. The molecule has 0 amide bonds. The lowest BCUT2D eigenvalue weighted by Crippen LogP contribution is -2.28. The number of hydrogen-bond acceptors (Lipinski definition) is 2. The van der Waals surface area contributed by atoms with Gasteiger partial charge in [0.15, 0.2) is 0 Å². The van der Waals surface area contributed by atoms with Gasteiger partial charge < -0.3 is 5.32 Å². The lowest BCUT2D eigenvalue weighted by molar-refractivity contribution is 0.517. The fraction of sp³-hybridized carbons (Fsp3) is 0.600. The van der Waals surface area contributed by atoms with Crippen molar-refractivity contribution in [3.8, 4) is 0 Å². The van der Waals surface area contributed by atoms with Gasteiger partial charge in [-0.05, 0) is 44.7 Å². The summed E-state index contributed by atoms with van der Waals surface area (Å²) in [5, 5.41) is 3.49. The monoisotopic (exact) mass is 267 g/mol. The summed E-state index contributed by atoms with van der Waals surface area (Å²) in [4.78, 5) is 0. The van der Waals surface area contributed by atoms with E-state index in [0.717, 1.165) is 25.1 Å². The van der Waals surface area contributed by atoms with E-state index in [1.165, 1.54) is 18.4 Å². The van der Waals surface area contributed by atoms with Crippen molar-refractivity contribution in [3.05, 3.63) is 35.9 Å². The Hall–Kier alpha value is -0.670. The zero-order chi connectivity index (χ0) is 13.2. The lowest BCUT2D eigenvalue weighted by Gasteiger charge is -2.12. The third kappa shape index (κ3) is 7.62. The average molecular weight is 267 g/mol. The number of unbranched alkanes of at least 4 members (excludes halogenated alkanes) is 1. The van der Waals surface area contributed by atoms with Crippen molar-refractivity contribution in [1.82, 2.24) is 5.32 Å². The number of aryl methyl sites for hydroxylation is 1. The predicted molar refractivity (Wildman–Crippen MR) is 80.4 cm³/mol. The molecule has 0 saturated heterocycles. The van der Waals surface area contributed by atoms with E-state index < -0.39 is 10.8 Å². The van der Waals surface area contributed by atoms with E-state index in [9.17, 15) is 4.21 Å². The molecular weight excluding hydrogens is 242 g/mol. The maximum atomic E-state index is 11.0. The van der Waals surface area contributed by atoms with E-state index in [-0.39, 0.29) is 0 Å². The lowest BCUT2D eigenvalue weighted by atomic mass is 10.1. The van der Waals surface area contributed by atoms with Crippen LogP contribution in [0.25, 0.3) is 0 Å². The van der Waals surface area contributed by atoms with Crippen LogP contribution in [0.5, 0.6) is 0 Å². The van der Waals surface area contributed by atoms with Gasteiger partial charge in [-0.2, -0.15) is 0 Å². The molecule has 102 valence electrons. The van der Waals surface area contributed by atoms with Crippen molar-refractivity contribution in [2.45, 2.75) is 38.6 Å². The fourth-order valence-electron chi connectivity index (χ4n) is 1.89. The van der Waals surface area contributed by atoms with E-state index in [4.69, 9.17) is 0 Å². The first kappa shape index (κ1) is 15.4. The largest absolute Gasteiger partial charge is 0.314 e. The van der Waals surface area contributed by atoms with Crippen LogP contribution in [-0.4, -0.2) is 28.8 Å². The molecule has 3 heteroatoms. The van der Waals surface area contributed by atoms with Crippen LogP contribution in [0, 0.1) is 0 Å². The van der Waals surface area contributed by atoms with Gasteiger partial charge in [0.25, 0.3) is 0 Å². The molecule has 0 aliphatic heterocycles. The Labute approximate surface area is 114 Å². The zero-order valence-corrected chi connectivity index (χ0v) is 12.3. The molecule has 0 heterocycles. The minimum Gasteiger partial charge on any atom is -0.314 e. The topological polar surface area (TPSA) is 29.1 Å². The van der Waals surface area contributed by atoms with Crippen molar-refractivity contribution < 1.29 is 4.21 Å². The first-order valence-electron chi connectivity index (χ1n) is 6.76. The van der Waals surface area contributed by atoms with Gasteiger partial charge in [-0.1, -0.05) is 30.3 Å². The molecule has 0 fully saturated rings. The van der Waals surface area contributed by atoms with Crippen molar-refractivity contribution in [2.75, 3.05) is 18.6 Å². The third-order valence-corrected chi connectivity index (χ3v) is 3.88. The van der Waals surface area contributed by atoms with Crippen molar-refractivity contribution in [2.24, 2.45) is 0 Å². The molecule has 0 aliphatic rings. The molecule has 0 spiro atoms. The maximum Gasteiger partial charge on any atom is 0.0246 e. The summed E-state index contributed by atoms with van der Waals surface area (Å²) in [5.41, 5.74) is 1.42. The molecule has 2 unspecified atom stereocenters. The predicted octanol–water partition coefficient (Wildman–Crippen LogP) is 2.76. The van der Waals surface area contributed by atoms with E-state index in [1.54, 1.807) is 6.26 Å². The second-order valence-corrected chi connectivity index (χ2v) is 6.42. The van der Waals surface area contributed by atoms with Crippen LogP contribution >= 0.6 is 0 Å². The number of rotatable bonds is 9. The SMILES string of the molecule is CC(CCS(C)=O)NCCCCc1ccccc1. The van der Waals surface area contributed by atoms with Crippen LogP contribution in [0.1, 0.15) is 31.7 Å². The molecular formula is C15H25NOS. The number of benzene rings is 1. The van der Waals surface area contributed by atoms with Gasteiger partial charge in [0.05, 0.1) is 0 Å². The van der Waals surface area contributed by atoms with Crippen molar-refractivity contribution in [3.63, 3.8) is 0 Å². The van der Waals surface area contributed by atoms with Crippen LogP contribution in [0.15, 0.2) is 30.3 Å². The summed E-state index contributed by atoms with van der Waals surface area (Å²) in [6.45, 7) is 3.23. The molecule has 0 aromatic heterocycles. The summed E-state index contributed by atoms with van der Waals surface area (Å²) in [6, 6.07) is 11.1. The highest BCUT2D eigenvalue weighted by Gasteiger charge is 2.01. The molecule has 2 nitrogen and oxygen atoms in total. The first-order valence-corrected chi connectivity index (χ1v) is 8.48. The van der Waals surface area contributed by atoms with E-state index in [0.29, 0.717) is 6.04 Å². The Bertz CT molecular complexity index is 340. The Morgan fingerprint density at radius 2 is 1.94 bits per heavy atom. The Balaban J connectivity index is 2.00. The minimum atomic E-state index is -0.660. The molecule has 0 radical (unpaired) electrons. The van der Waals surface area contributed by atoms with Gasteiger partial charge >= 0.3 is 0 Å². The van der Waals surface area contributed by atoms with Crippen LogP contribution in [-0.2, 0) is 17.2 Å². The van der Waals surface area contributed by atoms with Gasteiger partial charge in [-0.15, -0.1) is 0 Å². The third-order valence-electron chi connectivity index (χ3n) is 3.07. The molecule has 0 bridgehead atoms. The van der Waals surface area contributed by atoms with Crippen LogP contribution in [0.2, 0.25) is 0 Å². The van der Waals surface area contributed by atoms with E-state index >= 15 is 0 Å². The van der Waals surface area contributed by atoms with Crippen LogP contribution < -0.4 is 5.32 Å². The van der Waals surface area contributed by atoms with Crippen LogP contribution in [0.4, 0.5) is 0 Å². The van der Waals surface area contributed by atoms with Gasteiger partial charge in [0, 0.05) is 28.9 Å². The molecule has 1 rings (SSSR count). The molecule has 0 saturated carbocycles. The number of hydrogen-bond donors (Lipinski definition) is 1. The standard InChI is InChI=1S/C15H25NOS/c1-14(11-13-18(2)17)16-12-7-6-10-15-8-4-3-5-9-15/h3-5,8-9,14,16H,6-7,10-13H2,1-2H3. The van der Waals surface area contributed by atoms with Crippen molar-refractivity contribution >= 4 is 10.8 Å². The zero-order valence-electron chi connectivity index (χ0n) is 11.5. The highest BCUT2D eigenvalue weighted by molar-refractivity contribution is 7.84. The van der Waals surface area contributed by atoms with Crippen LogP contribution in [0.3, 0.4) is 0 Å². The van der Waals surface area contributed by atoms with Gasteiger partial charge in [-0.25, -0.2) is 0 Å². The van der Waals surface area contributed by atoms with Crippen molar-refractivity contribution in [1.29, 1.82) is 0 Å². The van der Waals surface area contributed by atoms with E-state index in [1.807, 2.05) is 0 Å². The fourth-order valence-corrected chi connectivity index (χ4v) is 2.58. The summed E-state index contributed by atoms with van der Waals surface area (Å²) in [7, 11) is -0.660. The average Bonchev–Trinajstić information content (AvgIpc) is 2.37. The normalized spacial score (nSPS) is 14.3. The molecule has 1 aromatic rings. The quantitative estimate of drug-likeness (QED) is 0.697. The highest BCUT2D eigenvalue weighted by Crippen LogP contribution is 2.04. The number of nitrogens with one attached hydrogen (secondary N) is 1. The minimum absolute atomic E-state index is 0.477.